The Kier molecular flexibility index (Phi) is 5.46. The minimum Gasteiger partial charge on any atom is -0.365 e. The van der Waals surface area contributed by atoms with Crippen LogP contribution in [0.2, 0.25) is 5.02 Å². The standard InChI is InChI=1S/C25H18ClF3N2O2/c26-17-13-15(9-10-16(17)14-5-2-1-3-6-14)30-24(32)23-20-12-11-19(33-20)22(23)18-7-4-8-21(31-18)25(27,28)29/h1-10,13,19-20H,11-12H2,(H,30,32). The molecule has 2 unspecified atom stereocenters. The molecular formula is C25H18ClF3N2O2. The first kappa shape index (κ1) is 21.7. The van der Waals surface area contributed by atoms with Crippen molar-refractivity contribution in [2.75, 3.05) is 5.32 Å². The van der Waals surface area contributed by atoms with Gasteiger partial charge in [0.25, 0.3) is 5.91 Å². The number of nitrogens with zero attached hydrogens (tertiary/aromatic N) is 1. The van der Waals surface area contributed by atoms with Crippen molar-refractivity contribution in [1.82, 2.24) is 4.98 Å². The molecule has 2 aliphatic heterocycles. The fraction of sp³-hybridized carbons (Fsp3) is 0.200. The van der Waals surface area contributed by atoms with E-state index in [-0.39, 0.29) is 5.69 Å². The van der Waals surface area contributed by atoms with Gasteiger partial charge in [0, 0.05) is 16.8 Å². The highest BCUT2D eigenvalue weighted by atomic mass is 35.5. The fourth-order valence-electron chi connectivity index (χ4n) is 4.37. The van der Waals surface area contributed by atoms with E-state index in [1.807, 2.05) is 36.4 Å². The molecule has 0 spiro atoms. The van der Waals surface area contributed by atoms with Gasteiger partial charge in [0.1, 0.15) is 5.69 Å². The number of halogens is 4. The second-order valence-corrected chi connectivity index (χ2v) is 8.35. The van der Waals surface area contributed by atoms with Crippen LogP contribution in [-0.4, -0.2) is 23.1 Å². The number of benzene rings is 2. The number of rotatable bonds is 4. The van der Waals surface area contributed by atoms with Gasteiger partial charge in [-0.1, -0.05) is 54.1 Å². The minimum atomic E-state index is -4.57. The van der Waals surface area contributed by atoms with Crippen molar-refractivity contribution >= 4 is 28.8 Å². The summed E-state index contributed by atoms with van der Waals surface area (Å²) in [6, 6.07) is 18.5. The Morgan fingerprint density at radius 3 is 2.48 bits per heavy atom. The van der Waals surface area contributed by atoms with Crippen molar-refractivity contribution in [3.63, 3.8) is 0 Å². The maximum Gasteiger partial charge on any atom is 0.433 e. The topological polar surface area (TPSA) is 51.2 Å². The van der Waals surface area contributed by atoms with Crippen LogP contribution in [0, 0.1) is 0 Å². The molecule has 1 amide bonds. The van der Waals surface area contributed by atoms with E-state index in [0.29, 0.717) is 34.7 Å². The van der Waals surface area contributed by atoms with Gasteiger partial charge in [-0.05, 0) is 42.7 Å². The highest BCUT2D eigenvalue weighted by Gasteiger charge is 2.45. The van der Waals surface area contributed by atoms with Gasteiger partial charge < -0.3 is 10.1 Å². The Morgan fingerprint density at radius 1 is 1.00 bits per heavy atom. The van der Waals surface area contributed by atoms with Crippen LogP contribution in [-0.2, 0) is 15.7 Å². The Balaban J connectivity index is 1.46. The molecule has 0 saturated carbocycles. The van der Waals surface area contributed by atoms with Crippen LogP contribution < -0.4 is 5.32 Å². The van der Waals surface area contributed by atoms with Crippen LogP contribution >= 0.6 is 11.6 Å². The van der Waals surface area contributed by atoms with E-state index in [4.69, 9.17) is 16.3 Å². The van der Waals surface area contributed by atoms with Crippen LogP contribution in [0.3, 0.4) is 0 Å². The Labute approximate surface area is 193 Å². The van der Waals surface area contributed by atoms with Gasteiger partial charge in [-0.2, -0.15) is 13.2 Å². The third-order valence-electron chi connectivity index (χ3n) is 5.83. The number of aromatic nitrogens is 1. The SMILES string of the molecule is O=C(Nc1ccc(-c2ccccc2)c(Cl)c1)C1=C(c2cccc(C(F)(F)F)n2)C2CCC1O2. The second kappa shape index (κ2) is 8.32. The van der Waals surface area contributed by atoms with E-state index in [1.54, 1.807) is 12.1 Å². The average molecular weight is 471 g/mol. The number of anilines is 1. The van der Waals surface area contributed by atoms with E-state index in [9.17, 15) is 18.0 Å². The first-order valence-electron chi connectivity index (χ1n) is 10.4. The van der Waals surface area contributed by atoms with Crippen LogP contribution in [0.4, 0.5) is 18.9 Å². The zero-order valence-electron chi connectivity index (χ0n) is 17.2. The lowest BCUT2D eigenvalue weighted by Crippen LogP contribution is -2.23. The highest BCUT2D eigenvalue weighted by molar-refractivity contribution is 6.33. The number of amides is 1. The largest absolute Gasteiger partial charge is 0.433 e. The van der Waals surface area contributed by atoms with Crippen molar-refractivity contribution in [3.05, 3.63) is 88.7 Å². The molecular weight excluding hydrogens is 453 g/mol. The second-order valence-electron chi connectivity index (χ2n) is 7.94. The summed E-state index contributed by atoms with van der Waals surface area (Å²) in [4.78, 5) is 17.0. The fourth-order valence-corrected chi connectivity index (χ4v) is 4.66. The molecule has 4 nitrogen and oxygen atoms in total. The summed E-state index contributed by atoms with van der Waals surface area (Å²) in [7, 11) is 0. The predicted molar refractivity (Wildman–Crippen MR) is 120 cm³/mol. The molecule has 5 rings (SSSR count). The lowest BCUT2D eigenvalue weighted by molar-refractivity contribution is -0.141. The molecule has 2 aromatic carbocycles. The van der Waals surface area contributed by atoms with Gasteiger partial charge in [-0.15, -0.1) is 0 Å². The van der Waals surface area contributed by atoms with E-state index < -0.39 is 30.0 Å². The molecule has 1 fully saturated rings. The summed E-state index contributed by atoms with van der Waals surface area (Å²) in [6.07, 6.45) is -4.24. The van der Waals surface area contributed by atoms with Crippen LogP contribution in [0.15, 0.2) is 72.3 Å². The Hall–Kier alpha value is -3.16. The normalized spacial score (nSPS) is 19.8. The van der Waals surface area contributed by atoms with Gasteiger partial charge >= 0.3 is 6.18 Å². The average Bonchev–Trinajstić information content (AvgIpc) is 3.41. The summed E-state index contributed by atoms with van der Waals surface area (Å²) in [5.74, 6) is -0.431. The van der Waals surface area contributed by atoms with Crippen molar-refractivity contribution < 1.29 is 22.7 Å². The van der Waals surface area contributed by atoms with Crippen molar-refractivity contribution in [2.45, 2.75) is 31.2 Å². The van der Waals surface area contributed by atoms with Gasteiger partial charge in [0.15, 0.2) is 0 Å². The van der Waals surface area contributed by atoms with Crippen molar-refractivity contribution in [3.8, 4) is 11.1 Å². The number of pyridine rings is 1. The number of nitrogens with one attached hydrogen (secondary N) is 1. The molecule has 2 atom stereocenters. The monoisotopic (exact) mass is 470 g/mol. The molecule has 2 bridgehead atoms. The molecule has 168 valence electrons. The van der Waals surface area contributed by atoms with Crippen LogP contribution in [0.25, 0.3) is 16.7 Å². The molecule has 2 aliphatic rings. The minimum absolute atomic E-state index is 0.111. The first-order valence-corrected chi connectivity index (χ1v) is 10.8. The van der Waals surface area contributed by atoms with Crippen molar-refractivity contribution in [1.29, 1.82) is 0 Å². The zero-order valence-corrected chi connectivity index (χ0v) is 18.0. The Morgan fingerprint density at radius 2 is 1.76 bits per heavy atom. The lowest BCUT2D eigenvalue weighted by atomic mass is 9.89. The smallest absolute Gasteiger partial charge is 0.365 e. The molecule has 8 heteroatoms. The number of carbonyl (C=O) groups excluding carboxylic acids is 1. The zero-order chi connectivity index (χ0) is 23.2. The number of ether oxygens (including phenoxy) is 1. The third kappa shape index (κ3) is 4.14. The molecule has 1 N–H and O–H groups in total. The maximum atomic E-state index is 13.2. The van der Waals surface area contributed by atoms with E-state index in [0.717, 1.165) is 17.2 Å². The number of alkyl halides is 3. The number of hydrogen-bond acceptors (Lipinski definition) is 3. The first-order chi connectivity index (χ1) is 15.8. The quantitative estimate of drug-likeness (QED) is 0.481. The number of carbonyl (C=O) groups is 1. The lowest BCUT2D eigenvalue weighted by Gasteiger charge is -2.17. The van der Waals surface area contributed by atoms with Gasteiger partial charge in [-0.25, -0.2) is 4.98 Å². The van der Waals surface area contributed by atoms with Crippen LogP contribution in [0.5, 0.6) is 0 Å². The van der Waals surface area contributed by atoms with Crippen LogP contribution in [0.1, 0.15) is 24.2 Å². The van der Waals surface area contributed by atoms with E-state index in [1.165, 1.54) is 12.1 Å². The summed E-state index contributed by atoms with van der Waals surface area (Å²) in [5.41, 5.74) is 2.10. The van der Waals surface area contributed by atoms with E-state index in [2.05, 4.69) is 10.3 Å². The van der Waals surface area contributed by atoms with Crippen molar-refractivity contribution in [2.24, 2.45) is 0 Å². The van der Waals surface area contributed by atoms with E-state index >= 15 is 0 Å². The number of fused-ring (bicyclic) bond motifs is 2. The Bertz CT molecular complexity index is 1260. The van der Waals surface area contributed by atoms with Gasteiger partial charge in [0.2, 0.25) is 0 Å². The number of hydrogen-bond donors (Lipinski definition) is 1. The maximum absolute atomic E-state index is 13.2. The summed E-state index contributed by atoms with van der Waals surface area (Å²) in [5, 5.41) is 3.29. The third-order valence-corrected chi connectivity index (χ3v) is 6.14. The molecule has 1 aromatic heterocycles. The molecule has 0 radical (unpaired) electrons. The molecule has 3 heterocycles. The predicted octanol–water partition coefficient (Wildman–Crippen LogP) is 6.37. The summed E-state index contributed by atoms with van der Waals surface area (Å²) in [6.45, 7) is 0. The molecule has 0 aliphatic carbocycles. The molecule has 33 heavy (non-hydrogen) atoms. The highest BCUT2D eigenvalue weighted by Crippen LogP contribution is 2.44. The molecule has 3 aromatic rings. The molecule has 1 saturated heterocycles. The van der Waals surface area contributed by atoms with Gasteiger partial charge in [-0.3, -0.25) is 4.79 Å². The summed E-state index contributed by atoms with van der Waals surface area (Å²) >= 11 is 6.45. The summed E-state index contributed by atoms with van der Waals surface area (Å²) < 4.78 is 45.4. The van der Waals surface area contributed by atoms with Gasteiger partial charge in [0.05, 0.1) is 28.5 Å².